The van der Waals surface area contributed by atoms with Crippen LogP contribution in [0.1, 0.15) is 27.2 Å². The molecule has 0 bridgehead atoms. The van der Waals surface area contributed by atoms with Crippen LogP contribution in [0.15, 0.2) is 11.9 Å². The number of hydrogen-bond acceptors (Lipinski definition) is 2. The first-order valence-corrected chi connectivity index (χ1v) is 4.12. The molecule has 12 heavy (non-hydrogen) atoms. The van der Waals surface area contributed by atoms with Crippen molar-refractivity contribution < 1.29 is 14.2 Å². The van der Waals surface area contributed by atoms with E-state index in [0.29, 0.717) is 6.42 Å². The smallest absolute Gasteiger partial charge is 0.121 e. The standard InChI is InChI=1S/C9H17FO2/c1-4-8(10)6-12-7-9(3,11)5-2/h4,11H,5-7H2,1-3H3/b8-4+. The summed E-state index contributed by atoms with van der Waals surface area (Å²) in [7, 11) is 0. The zero-order valence-corrected chi connectivity index (χ0v) is 7.93. The molecule has 0 aliphatic heterocycles. The molecule has 0 aromatic carbocycles. The Bertz CT molecular complexity index is 153. The Morgan fingerprint density at radius 3 is 2.67 bits per heavy atom. The summed E-state index contributed by atoms with van der Waals surface area (Å²) in [6, 6.07) is 0. The summed E-state index contributed by atoms with van der Waals surface area (Å²) in [5, 5.41) is 9.44. The molecular weight excluding hydrogens is 159 g/mol. The second-order valence-electron chi connectivity index (χ2n) is 3.08. The van der Waals surface area contributed by atoms with Gasteiger partial charge in [-0.25, -0.2) is 4.39 Å². The Kier molecular flexibility index (Phi) is 5.09. The molecular formula is C9H17FO2. The highest BCUT2D eigenvalue weighted by Crippen LogP contribution is 2.09. The van der Waals surface area contributed by atoms with Crippen LogP contribution in [-0.4, -0.2) is 23.9 Å². The molecule has 0 heterocycles. The minimum atomic E-state index is -0.839. The van der Waals surface area contributed by atoms with Gasteiger partial charge < -0.3 is 9.84 Å². The van der Waals surface area contributed by atoms with Gasteiger partial charge in [0.25, 0.3) is 0 Å². The van der Waals surface area contributed by atoms with Crippen molar-refractivity contribution in [3.63, 3.8) is 0 Å². The molecule has 0 aromatic heterocycles. The SMILES string of the molecule is C/C=C(/F)COCC(C)(O)CC. The molecule has 0 fully saturated rings. The highest BCUT2D eigenvalue weighted by molar-refractivity contribution is 4.88. The predicted octanol–water partition coefficient (Wildman–Crippen LogP) is 2.04. The van der Waals surface area contributed by atoms with Crippen molar-refractivity contribution in [3.05, 3.63) is 11.9 Å². The maximum Gasteiger partial charge on any atom is 0.121 e. The van der Waals surface area contributed by atoms with Gasteiger partial charge in [0.1, 0.15) is 5.83 Å². The molecule has 3 heteroatoms. The summed E-state index contributed by atoms with van der Waals surface area (Å²) in [6.45, 7) is 5.25. The van der Waals surface area contributed by atoms with Gasteiger partial charge >= 0.3 is 0 Å². The van der Waals surface area contributed by atoms with Gasteiger partial charge in [-0.05, 0) is 20.3 Å². The van der Waals surface area contributed by atoms with Gasteiger partial charge in [-0.1, -0.05) is 13.0 Å². The van der Waals surface area contributed by atoms with E-state index in [4.69, 9.17) is 4.74 Å². The lowest BCUT2D eigenvalue weighted by Crippen LogP contribution is -2.29. The zero-order chi connectivity index (χ0) is 9.61. The molecule has 1 N–H and O–H groups in total. The lowest BCUT2D eigenvalue weighted by atomic mass is 10.1. The fourth-order valence-corrected chi connectivity index (χ4v) is 0.554. The second kappa shape index (κ2) is 5.27. The quantitative estimate of drug-likeness (QED) is 0.694. The lowest BCUT2D eigenvalue weighted by molar-refractivity contribution is -0.0324. The third-order valence-corrected chi connectivity index (χ3v) is 1.73. The molecule has 0 saturated heterocycles. The van der Waals surface area contributed by atoms with Gasteiger partial charge in [0, 0.05) is 0 Å². The van der Waals surface area contributed by atoms with E-state index < -0.39 is 5.60 Å². The Balaban J connectivity index is 3.56. The largest absolute Gasteiger partial charge is 0.388 e. The van der Waals surface area contributed by atoms with Crippen molar-refractivity contribution in [2.45, 2.75) is 32.8 Å². The molecule has 1 unspecified atom stereocenters. The van der Waals surface area contributed by atoms with Crippen molar-refractivity contribution in [1.29, 1.82) is 0 Å². The van der Waals surface area contributed by atoms with Crippen LogP contribution in [0, 0.1) is 0 Å². The van der Waals surface area contributed by atoms with E-state index in [-0.39, 0.29) is 19.0 Å². The first kappa shape index (κ1) is 11.6. The number of aliphatic hydroxyl groups is 1. The van der Waals surface area contributed by atoms with Crippen LogP contribution in [-0.2, 0) is 4.74 Å². The van der Waals surface area contributed by atoms with E-state index in [1.807, 2.05) is 6.92 Å². The van der Waals surface area contributed by atoms with Crippen LogP contribution in [0.5, 0.6) is 0 Å². The molecule has 0 rings (SSSR count). The third kappa shape index (κ3) is 5.27. The monoisotopic (exact) mass is 176 g/mol. The van der Waals surface area contributed by atoms with E-state index in [9.17, 15) is 9.50 Å². The minimum absolute atomic E-state index is 0.0490. The number of rotatable bonds is 5. The number of halogens is 1. The molecule has 0 spiro atoms. The molecule has 0 aromatic rings. The van der Waals surface area contributed by atoms with Crippen molar-refractivity contribution in [3.8, 4) is 0 Å². The summed E-state index contributed by atoms with van der Waals surface area (Å²) in [4.78, 5) is 0. The van der Waals surface area contributed by atoms with Gasteiger partial charge in [0.15, 0.2) is 0 Å². The van der Waals surface area contributed by atoms with Crippen LogP contribution < -0.4 is 0 Å². The summed E-state index contributed by atoms with van der Waals surface area (Å²) >= 11 is 0. The Morgan fingerprint density at radius 1 is 1.67 bits per heavy atom. The summed E-state index contributed by atoms with van der Waals surface area (Å²) < 4.78 is 17.4. The number of ether oxygens (including phenoxy) is 1. The minimum Gasteiger partial charge on any atom is -0.388 e. The van der Waals surface area contributed by atoms with Crippen molar-refractivity contribution in [1.82, 2.24) is 0 Å². The second-order valence-corrected chi connectivity index (χ2v) is 3.08. The molecule has 1 atom stereocenters. The Morgan fingerprint density at radius 2 is 2.25 bits per heavy atom. The predicted molar refractivity (Wildman–Crippen MR) is 46.6 cm³/mol. The van der Waals surface area contributed by atoms with E-state index in [1.165, 1.54) is 6.08 Å². The average Bonchev–Trinajstić information content (AvgIpc) is 2.04. The molecule has 0 aliphatic carbocycles. The van der Waals surface area contributed by atoms with Crippen LogP contribution in [0.25, 0.3) is 0 Å². The number of allylic oxidation sites excluding steroid dienone is 1. The van der Waals surface area contributed by atoms with Crippen LogP contribution in [0.3, 0.4) is 0 Å². The highest BCUT2D eigenvalue weighted by atomic mass is 19.1. The highest BCUT2D eigenvalue weighted by Gasteiger charge is 2.17. The summed E-state index contributed by atoms with van der Waals surface area (Å²) in [5.74, 6) is -0.304. The van der Waals surface area contributed by atoms with Crippen LogP contribution in [0.2, 0.25) is 0 Å². The van der Waals surface area contributed by atoms with Crippen molar-refractivity contribution in [2.75, 3.05) is 13.2 Å². The van der Waals surface area contributed by atoms with Gasteiger partial charge in [0.05, 0.1) is 18.8 Å². The van der Waals surface area contributed by atoms with E-state index in [2.05, 4.69) is 0 Å². The first-order valence-electron chi connectivity index (χ1n) is 4.12. The van der Waals surface area contributed by atoms with Gasteiger partial charge in [0.2, 0.25) is 0 Å². The Labute approximate surface area is 73.0 Å². The van der Waals surface area contributed by atoms with Crippen molar-refractivity contribution >= 4 is 0 Å². The van der Waals surface area contributed by atoms with Crippen LogP contribution >= 0.6 is 0 Å². The maximum absolute atomic E-state index is 12.5. The lowest BCUT2D eigenvalue weighted by Gasteiger charge is -2.20. The average molecular weight is 176 g/mol. The zero-order valence-electron chi connectivity index (χ0n) is 7.93. The molecule has 0 aliphatic rings. The summed E-state index contributed by atoms with van der Waals surface area (Å²) in [5.41, 5.74) is -0.839. The molecule has 0 radical (unpaired) electrons. The molecule has 0 amide bonds. The number of hydrogen-bond donors (Lipinski definition) is 1. The Hall–Kier alpha value is -0.410. The van der Waals surface area contributed by atoms with Gasteiger partial charge in [-0.2, -0.15) is 0 Å². The molecule has 0 saturated carbocycles. The summed E-state index contributed by atoms with van der Waals surface area (Å²) in [6.07, 6.45) is 1.95. The van der Waals surface area contributed by atoms with Crippen LogP contribution in [0.4, 0.5) is 4.39 Å². The van der Waals surface area contributed by atoms with E-state index in [1.54, 1.807) is 13.8 Å². The topological polar surface area (TPSA) is 29.5 Å². The normalized spacial score (nSPS) is 17.6. The van der Waals surface area contributed by atoms with Gasteiger partial charge in [-0.3, -0.25) is 0 Å². The van der Waals surface area contributed by atoms with E-state index >= 15 is 0 Å². The van der Waals surface area contributed by atoms with Gasteiger partial charge in [-0.15, -0.1) is 0 Å². The maximum atomic E-state index is 12.5. The third-order valence-electron chi connectivity index (χ3n) is 1.73. The van der Waals surface area contributed by atoms with Crippen molar-refractivity contribution in [2.24, 2.45) is 0 Å². The fraction of sp³-hybridized carbons (Fsp3) is 0.778. The molecule has 2 nitrogen and oxygen atoms in total. The first-order chi connectivity index (χ1) is 5.52. The fourth-order valence-electron chi connectivity index (χ4n) is 0.554. The molecule has 72 valence electrons. The van der Waals surface area contributed by atoms with E-state index in [0.717, 1.165) is 0 Å².